The van der Waals surface area contributed by atoms with Crippen LogP contribution in [0.4, 0.5) is 0 Å². The maximum Gasteiger partial charge on any atom is 0.249 e. The van der Waals surface area contributed by atoms with E-state index in [0.717, 1.165) is 45.3 Å². The van der Waals surface area contributed by atoms with Gasteiger partial charge in [0.15, 0.2) is 0 Å². The third-order valence-corrected chi connectivity index (χ3v) is 5.01. The van der Waals surface area contributed by atoms with E-state index in [4.69, 9.17) is 4.74 Å². The van der Waals surface area contributed by atoms with Crippen LogP contribution >= 0.6 is 0 Å². The molecule has 1 aromatic heterocycles. The fourth-order valence-corrected chi connectivity index (χ4v) is 3.58. The molecule has 0 aromatic carbocycles. The molecule has 5 heteroatoms. The second-order valence-electron chi connectivity index (χ2n) is 6.82. The van der Waals surface area contributed by atoms with E-state index in [2.05, 4.69) is 27.3 Å². The Hall–Kier alpha value is -1.46. The van der Waals surface area contributed by atoms with E-state index in [1.54, 1.807) is 0 Å². The predicted octanol–water partition coefficient (Wildman–Crippen LogP) is 1.34. The van der Waals surface area contributed by atoms with Gasteiger partial charge in [-0.05, 0) is 55.8 Å². The van der Waals surface area contributed by atoms with E-state index in [9.17, 15) is 4.79 Å². The van der Waals surface area contributed by atoms with Crippen LogP contribution in [0.2, 0.25) is 0 Å². The zero-order valence-electron chi connectivity index (χ0n) is 12.8. The van der Waals surface area contributed by atoms with Crippen LogP contribution in [0.3, 0.4) is 0 Å². The van der Waals surface area contributed by atoms with Crippen LogP contribution in [0, 0.1) is 5.92 Å². The summed E-state index contributed by atoms with van der Waals surface area (Å²) >= 11 is 0. The van der Waals surface area contributed by atoms with Gasteiger partial charge in [-0.15, -0.1) is 0 Å². The molecule has 4 rings (SSSR count). The number of nitrogens with zero attached hydrogens (tertiary/aromatic N) is 2. The fourth-order valence-electron chi connectivity index (χ4n) is 3.58. The summed E-state index contributed by atoms with van der Waals surface area (Å²) in [7, 11) is 0. The summed E-state index contributed by atoms with van der Waals surface area (Å²) < 4.78 is 6.06. The first-order valence-electron chi connectivity index (χ1n) is 8.35. The van der Waals surface area contributed by atoms with Crippen molar-refractivity contribution in [3.8, 4) is 0 Å². The highest BCUT2D eigenvalue weighted by Gasteiger charge is 2.42. The summed E-state index contributed by atoms with van der Waals surface area (Å²) in [5.41, 5.74) is 1.29. The van der Waals surface area contributed by atoms with Crippen molar-refractivity contribution in [2.24, 2.45) is 5.92 Å². The number of carbonyl (C=O) groups is 1. The zero-order chi connectivity index (χ0) is 14.9. The Labute approximate surface area is 131 Å². The van der Waals surface area contributed by atoms with Gasteiger partial charge in [0.05, 0.1) is 6.10 Å². The second-order valence-corrected chi connectivity index (χ2v) is 6.82. The molecule has 0 bridgehead atoms. The van der Waals surface area contributed by atoms with Crippen LogP contribution in [0.1, 0.15) is 31.2 Å². The largest absolute Gasteiger partial charge is 0.364 e. The third-order valence-electron chi connectivity index (χ3n) is 5.01. The van der Waals surface area contributed by atoms with E-state index in [0.29, 0.717) is 12.0 Å². The van der Waals surface area contributed by atoms with E-state index >= 15 is 0 Å². The van der Waals surface area contributed by atoms with Crippen LogP contribution in [0.25, 0.3) is 0 Å². The number of piperidine rings is 1. The standard InChI is InChI=1S/C17H23N3O2/c21-17(19-14-1-2-14)15-9-13-5-8-20(11-16(13)22-15)10-12-3-6-18-7-4-12/h3-4,6-7,13-16H,1-2,5,8-11H2,(H,19,21)/t13-,15+,16-/m0/s1. The number of ether oxygens (including phenoxy) is 1. The topological polar surface area (TPSA) is 54.5 Å². The lowest BCUT2D eigenvalue weighted by atomic mass is 9.91. The Balaban J connectivity index is 1.32. The van der Waals surface area contributed by atoms with Gasteiger partial charge in [-0.25, -0.2) is 0 Å². The van der Waals surface area contributed by atoms with Crippen molar-refractivity contribution in [1.29, 1.82) is 0 Å². The van der Waals surface area contributed by atoms with Crippen molar-refractivity contribution in [1.82, 2.24) is 15.2 Å². The maximum atomic E-state index is 12.2. The van der Waals surface area contributed by atoms with Gasteiger partial charge in [-0.2, -0.15) is 0 Å². The summed E-state index contributed by atoms with van der Waals surface area (Å²) in [6.07, 6.45) is 7.95. The van der Waals surface area contributed by atoms with Crippen LogP contribution in [0.15, 0.2) is 24.5 Å². The van der Waals surface area contributed by atoms with E-state index in [-0.39, 0.29) is 18.1 Å². The lowest BCUT2D eigenvalue weighted by Crippen LogP contribution is -2.42. The number of hydrogen-bond donors (Lipinski definition) is 1. The summed E-state index contributed by atoms with van der Waals surface area (Å²) in [4.78, 5) is 18.6. The monoisotopic (exact) mass is 301 g/mol. The van der Waals surface area contributed by atoms with Crippen molar-refractivity contribution < 1.29 is 9.53 Å². The molecule has 3 fully saturated rings. The number of aromatic nitrogens is 1. The first kappa shape index (κ1) is 14.2. The minimum absolute atomic E-state index is 0.109. The fraction of sp³-hybridized carbons (Fsp3) is 0.647. The molecule has 3 atom stereocenters. The number of nitrogens with one attached hydrogen (secondary N) is 1. The predicted molar refractivity (Wildman–Crippen MR) is 82.1 cm³/mol. The summed E-state index contributed by atoms with van der Waals surface area (Å²) in [5, 5.41) is 3.07. The summed E-state index contributed by atoms with van der Waals surface area (Å²) in [5.74, 6) is 0.654. The van der Waals surface area contributed by atoms with E-state index in [1.165, 1.54) is 5.56 Å². The molecule has 0 spiro atoms. The van der Waals surface area contributed by atoms with Gasteiger partial charge in [0.1, 0.15) is 6.10 Å². The van der Waals surface area contributed by atoms with Gasteiger partial charge in [0.25, 0.3) is 0 Å². The number of fused-ring (bicyclic) bond motifs is 1. The number of pyridine rings is 1. The lowest BCUT2D eigenvalue weighted by molar-refractivity contribution is -0.133. The summed E-state index contributed by atoms with van der Waals surface area (Å²) in [6, 6.07) is 4.54. The molecule has 1 aliphatic carbocycles. The molecule has 1 aromatic rings. The highest BCUT2D eigenvalue weighted by atomic mass is 16.5. The summed E-state index contributed by atoms with van der Waals surface area (Å²) in [6.45, 7) is 2.96. The number of carbonyl (C=O) groups excluding carboxylic acids is 1. The molecule has 1 saturated carbocycles. The van der Waals surface area contributed by atoms with Gasteiger partial charge in [-0.1, -0.05) is 0 Å². The van der Waals surface area contributed by atoms with Crippen LogP contribution in [-0.4, -0.2) is 47.1 Å². The number of amides is 1. The quantitative estimate of drug-likeness (QED) is 0.912. The second kappa shape index (κ2) is 5.97. The van der Waals surface area contributed by atoms with Gasteiger partial charge in [0.2, 0.25) is 5.91 Å². The molecule has 2 aliphatic heterocycles. The third kappa shape index (κ3) is 3.15. The smallest absolute Gasteiger partial charge is 0.249 e. The maximum absolute atomic E-state index is 12.2. The van der Waals surface area contributed by atoms with E-state index < -0.39 is 0 Å². The minimum Gasteiger partial charge on any atom is -0.364 e. The number of hydrogen-bond acceptors (Lipinski definition) is 4. The van der Waals surface area contributed by atoms with Crippen LogP contribution < -0.4 is 5.32 Å². The first-order chi connectivity index (χ1) is 10.8. The molecule has 118 valence electrons. The normalized spacial score (nSPS) is 31.7. The molecular formula is C17H23N3O2. The van der Waals surface area contributed by atoms with Crippen molar-refractivity contribution in [2.45, 2.75) is 50.5 Å². The van der Waals surface area contributed by atoms with Crippen LogP contribution in [0.5, 0.6) is 0 Å². The lowest BCUT2D eigenvalue weighted by Gasteiger charge is -2.34. The van der Waals surface area contributed by atoms with Crippen molar-refractivity contribution in [3.05, 3.63) is 30.1 Å². The molecule has 3 heterocycles. The molecule has 3 aliphatic rings. The van der Waals surface area contributed by atoms with Gasteiger partial charge in [0, 0.05) is 31.5 Å². The van der Waals surface area contributed by atoms with Crippen molar-refractivity contribution in [3.63, 3.8) is 0 Å². The highest BCUT2D eigenvalue weighted by molar-refractivity contribution is 5.81. The molecule has 1 amide bonds. The molecule has 22 heavy (non-hydrogen) atoms. The van der Waals surface area contributed by atoms with E-state index in [1.807, 2.05) is 12.4 Å². The molecular weight excluding hydrogens is 278 g/mol. The SMILES string of the molecule is O=C(NC1CC1)[C@H]1C[C@@H]2CCN(Cc3ccncc3)C[C@@H]2O1. The highest BCUT2D eigenvalue weighted by Crippen LogP contribution is 2.34. The first-order valence-corrected chi connectivity index (χ1v) is 8.35. The number of rotatable bonds is 4. The minimum atomic E-state index is -0.225. The Bertz CT molecular complexity index is 532. The molecule has 1 N–H and O–H groups in total. The molecule has 5 nitrogen and oxygen atoms in total. The van der Waals surface area contributed by atoms with Gasteiger partial charge in [-0.3, -0.25) is 14.7 Å². The average molecular weight is 301 g/mol. The van der Waals surface area contributed by atoms with Crippen LogP contribution in [-0.2, 0) is 16.1 Å². The average Bonchev–Trinajstić information content (AvgIpc) is 3.24. The molecule has 0 unspecified atom stereocenters. The Kier molecular flexibility index (Phi) is 3.84. The van der Waals surface area contributed by atoms with Crippen molar-refractivity contribution in [2.75, 3.05) is 13.1 Å². The Morgan fingerprint density at radius 1 is 1.32 bits per heavy atom. The zero-order valence-corrected chi connectivity index (χ0v) is 12.8. The molecule has 2 saturated heterocycles. The Morgan fingerprint density at radius 2 is 2.14 bits per heavy atom. The molecule has 0 radical (unpaired) electrons. The van der Waals surface area contributed by atoms with Gasteiger partial charge < -0.3 is 10.1 Å². The Morgan fingerprint density at radius 3 is 2.91 bits per heavy atom. The van der Waals surface area contributed by atoms with Gasteiger partial charge >= 0.3 is 0 Å². The van der Waals surface area contributed by atoms with Crippen molar-refractivity contribution >= 4 is 5.91 Å². The number of likely N-dealkylation sites (tertiary alicyclic amines) is 1.